The second-order valence-corrected chi connectivity index (χ2v) is 4.56. The molecule has 0 radical (unpaired) electrons. The Morgan fingerprint density at radius 3 is 1.71 bits per heavy atom. The molecule has 0 aliphatic rings. The first-order valence-corrected chi connectivity index (χ1v) is 5.89. The van der Waals surface area contributed by atoms with Gasteiger partial charge in [-0.15, -0.1) is 0 Å². The fourth-order valence-corrected chi connectivity index (χ4v) is 1.38. The maximum absolute atomic E-state index is 11.8. The van der Waals surface area contributed by atoms with Gasteiger partial charge in [0.1, 0.15) is 9.85 Å². The Labute approximate surface area is 131 Å². The van der Waals surface area contributed by atoms with Gasteiger partial charge < -0.3 is 4.74 Å². The molecule has 0 saturated heterocycles. The number of benzene rings is 1. The van der Waals surface area contributed by atoms with Crippen LogP contribution in [-0.4, -0.2) is 37.9 Å². The zero-order chi connectivity index (χ0) is 18.7. The molecule has 0 aliphatic heterocycles. The molecule has 128 valence electrons. The number of esters is 1. The fraction of sp³-hybridized carbons (Fsp3) is 0.300. The van der Waals surface area contributed by atoms with Crippen molar-refractivity contribution in [1.82, 2.24) is 0 Å². The number of hydrogen-bond donors (Lipinski definition) is 0. The van der Waals surface area contributed by atoms with E-state index in [-0.39, 0.29) is 0 Å². The van der Waals surface area contributed by atoms with Crippen molar-refractivity contribution in [2.45, 2.75) is 12.6 Å². The van der Waals surface area contributed by atoms with Crippen molar-refractivity contribution in [3.05, 3.63) is 64.2 Å². The molecule has 0 atom stereocenters. The molecule has 0 N–H and O–H groups in total. The van der Waals surface area contributed by atoms with Gasteiger partial charge in [0.05, 0.1) is 28.4 Å². The molecule has 0 amide bonds. The molecule has 14 nitrogen and oxygen atoms in total. The highest BCUT2D eigenvalue weighted by molar-refractivity contribution is 5.91. The van der Waals surface area contributed by atoms with Crippen molar-refractivity contribution < 1.29 is 29.2 Å². The summed E-state index contributed by atoms with van der Waals surface area (Å²) in [5, 5.41) is 42.8. The highest BCUT2D eigenvalue weighted by atomic mass is 16.7. The first-order valence-electron chi connectivity index (χ1n) is 5.89. The third kappa shape index (κ3) is 3.73. The SMILES string of the molecule is CC(COC(=O)c1cc([N+](=O)[O-])cc([N+](=O)[O-])c1)([N+](=O)[O-])[N+](=O)[O-]. The van der Waals surface area contributed by atoms with Gasteiger partial charge in [-0.1, -0.05) is 0 Å². The summed E-state index contributed by atoms with van der Waals surface area (Å²) >= 11 is 0. The van der Waals surface area contributed by atoms with Crippen LogP contribution in [0.2, 0.25) is 0 Å². The third-order valence-electron chi connectivity index (χ3n) is 2.82. The lowest BCUT2D eigenvalue weighted by Gasteiger charge is -2.12. The number of hydrogen-bond acceptors (Lipinski definition) is 10. The van der Waals surface area contributed by atoms with Crippen molar-refractivity contribution in [1.29, 1.82) is 0 Å². The Kier molecular flexibility index (Phi) is 5.04. The molecule has 0 spiro atoms. The Hall–Kier alpha value is -3.71. The topological polar surface area (TPSA) is 199 Å². The van der Waals surface area contributed by atoms with Gasteiger partial charge in [-0.25, -0.2) is 4.79 Å². The lowest BCUT2D eigenvalue weighted by molar-refractivity contribution is -0.793. The number of nitro groups is 4. The molecule has 14 heteroatoms. The highest BCUT2D eigenvalue weighted by Gasteiger charge is 2.52. The number of carbonyl (C=O) groups excluding carboxylic acids is 1. The summed E-state index contributed by atoms with van der Waals surface area (Å²) in [6.07, 6.45) is 0. The Balaban J connectivity index is 3.11. The summed E-state index contributed by atoms with van der Waals surface area (Å²) < 4.78 is 4.42. The average molecular weight is 344 g/mol. The van der Waals surface area contributed by atoms with Crippen LogP contribution in [0.3, 0.4) is 0 Å². The van der Waals surface area contributed by atoms with E-state index in [9.17, 15) is 45.3 Å². The smallest absolute Gasteiger partial charge is 0.446 e. The van der Waals surface area contributed by atoms with Gasteiger partial charge >= 0.3 is 11.6 Å². The minimum Gasteiger partial charge on any atom is -0.446 e. The first-order chi connectivity index (χ1) is 11.0. The first kappa shape index (κ1) is 18.3. The number of carbonyl (C=O) groups is 1. The predicted octanol–water partition coefficient (Wildman–Crippen LogP) is 0.929. The third-order valence-corrected chi connectivity index (χ3v) is 2.82. The molecule has 0 aliphatic carbocycles. The highest BCUT2D eigenvalue weighted by Crippen LogP contribution is 2.23. The van der Waals surface area contributed by atoms with E-state index >= 15 is 0 Å². The second kappa shape index (κ2) is 6.59. The van der Waals surface area contributed by atoms with Crippen LogP contribution in [0.15, 0.2) is 18.2 Å². The predicted molar refractivity (Wildman–Crippen MR) is 72.4 cm³/mol. The van der Waals surface area contributed by atoms with Gasteiger partial charge in [-0.3, -0.25) is 40.5 Å². The molecular formula is C10H8N4O10. The van der Waals surface area contributed by atoms with Crippen molar-refractivity contribution >= 4 is 17.3 Å². The monoisotopic (exact) mass is 344 g/mol. The lowest BCUT2D eigenvalue weighted by Crippen LogP contribution is -2.47. The normalized spacial score (nSPS) is 10.7. The Morgan fingerprint density at radius 2 is 1.38 bits per heavy atom. The van der Waals surface area contributed by atoms with Gasteiger partial charge in [0.2, 0.25) is 6.61 Å². The van der Waals surface area contributed by atoms with E-state index in [1.165, 1.54) is 0 Å². The standard InChI is InChI=1S/C10H8N4O10/c1-10(13(20)21,14(22)23)5-24-9(15)6-2-7(11(16)17)4-8(3-6)12(18)19/h2-4H,5H2,1H3. The summed E-state index contributed by atoms with van der Waals surface area (Å²) in [6, 6.07) is 1.88. The molecule has 1 aromatic rings. The molecule has 0 heterocycles. The summed E-state index contributed by atoms with van der Waals surface area (Å²) in [7, 11) is 0. The molecule has 0 bridgehead atoms. The zero-order valence-electron chi connectivity index (χ0n) is 11.8. The van der Waals surface area contributed by atoms with Crippen LogP contribution < -0.4 is 0 Å². The van der Waals surface area contributed by atoms with Crippen LogP contribution in [0.25, 0.3) is 0 Å². The summed E-state index contributed by atoms with van der Waals surface area (Å²) in [5.74, 6) is -1.42. The maximum atomic E-state index is 11.8. The van der Waals surface area contributed by atoms with Gasteiger partial charge in [0.25, 0.3) is 11.4 Å². The molecular weight excluding hydrogens is 336 g/mol. The van der Waals surface area contributed by atoms with Crippen LogP contribution in [0.4, 0.5) is 11.4 Å². The van der Waals surface area contributed by atoms with Crippen LogP contribution in [0, 0.1) is 40.5 Å². The lowest BCUT2D eigenvalue weighted by atomic mass is 10.1. The quantitative estimate of drug-likeness (QED) is 0.296. The van der Waals surface area contributed by atoms with E-state index in [1.54, 1.807) is 0 Å². The molecule has 0 unspecified atom stereocenters. The van der Waals surface area contributed by atoms with Crippen LogP contribution in [-0.2, 0) is 4.74 Å². The van der Waals surface area contributed by atoms with E-state index in [4.69, 9.17) is 0 Å². The largest absolute Gasteiger partial charge is 0.488 e. The van der Waals surface area contributed by atoms with Crippen LogP contribution in [0.5, 0.6) is 0 Å². The van der Waals surface area contributed by atoms with Crippen LogP contribution in [0.1, 0.15) is 17.3 Å². The van der Waals surface area contributed by atoms with E-state index in [0.717, 1.165) is 0 Å². The minimum absolute atomic E-state index is 0.592. The fourth-order valence-electron chi connectivity index (χ4n) is 1.38. The van der Waals surface area contributed by atoms with E-state index in [0.29, 0.717) is 25.1 Å². The van der Waals surface area contributed by atoms with E-state index in [1.807, 2.05) is 0 Å². The Morgan fingerprint density at radius 1 is 0.958 bits per heavy atom. The number of nitro benzene ring substituents is 2. The molecule has 0 saturated carbocycles. The summed E-state index contributed by atoms with van der Waals surface area (Å²) in [4.78, 5) is 50.0. The maximum Gasteiger partial charge on any atom is 0.488 e. The average Bonchev–Trinajstić information content (AvgIpc) is 2.50. The second-order valence-electron chi connectivity index (χ2n) is 4.56. The molecule has 0 aromatic heterocycles. The van der Waals surface area contributed by atoms with E-state index < -0.39 is 54.9 Å². The van der Waals surface area contributed by atoms with Crippen LogP contribution >= 0.6 is 0 Å². The number of rotatable bonds is 7. The number of nitrogens with zero attached hydrogens (tertiary/aromatic N) is 4. The molecule has 1 rings (SSSR count). The molecule has 1 aromatic carbocycles. The van der Waals surface area contributed by atoms with Gasteiger partial charge in [-0.2, -0.15) is 0 Å². The summed E-state index contributed by atoms with van der Waals surface area (Å²) in [6.45, 7) is -0.682. The Bertz CT molecular complexity index is 699. The van der Waals surface area contributed by atoms with Crippen molar-refractivity contribution in [3.8, 4) is 0 Å². The molecule has 24 heavy (non-hydrogen) atoms. The van der Waals surface area contributed by atoms with E-state index in [2.05, 4.69) is 4.74 Å². The zero-order valence-corrected chi connectivity index (χ0v) is 11.8. The van der Waals surface area contributed by atoms with Gasteiger partial charge in [0, 0.05) is 12.1 Å². The molecule has 0 fully saturated rings. The van der Waals surface area contributed by atoms with Gasteiger partial charge in [0.15, 0.2) is 0 Å². The minimum atomic E-state index is -2.83. The summed E-state index contributed by atoms with van der Waals surface area (Å²) in [5.41, 5.74) is -5.06. The van der Waals surface area contributed by atoms with Crippen molar-refractivity contribution in [2.24, 2.45) is 0 Å². The number of non-ortho nitro benzene ring substituents is 2. The number of ether oxygens (including phenoxy) is 1. The van der Waals surface area contributed by atoms with Crippen molar-refractivity contribution in [3.63, 3.8) is 0 Å². The van der Waals surface area contributed by atoms with Crippen molar-refractivity contribution in [2.75, 3.05) is 6.61 Å². The van der Waals surface area contributed by atoms with Gasteiger partial charge in [-0.05, 0) is 0 Å².